The molecule has 3 aromatic rings. The fourth-order valence-electron chi connectivity index (χ4n) is 3.29. The second-order valence-electron chi connectivity index (χ2n) is 6.83. The van der Waals surface area contributed by atoms with E-state index in [2.05, 4.69) is 15.6 Å². The van der Waals surface area contributed by atoms with Crippen LogP contribution in [0, 0.1) is 12.7 Å². The minimum Gasteiger partial charge on any atom is -0.332 e. The number of hydrogen-bond donors (Lipinski definition) is 2. The normalized spacial score (nSPS) is 16.1. The molecule has 146 valence electrons. The van der Waals surface area contributed by atoms with Gasteiger partial charge in [0.1, 0.15) is 5.82 Å². The molecule has 0 saturated heterocycles. The minimum absolute atomic E-state index is 0.128. The molecule has 2 N–H and O–H groups in total. The van der Waals surface area contributed by atoms with Crippen LogP contribution in [0.1, 0.15) is 23.5 Å². The molecule has 0 bridgehead atoms. The lowest BCUT2D eigenvalue weighted by atomic mass is 9.86. The third kappa shape index (κ3) is 4.09. The molecule has 0 spiro atoms. The number of halogens is 1. The van der Waals surface area contributed by atoms with Gasteiger partial charge in [-0.1, -0.05) is 24.3 Å². The van der Waals surface area contributed by atoms with Crippen LogP contribution in [-0.4, -0.2) is 16.8 Å². The largest absolute Gasteiger partial charge is 0.332 e. The topological polar surface area (TPSA) is 71.1 Å². The predicted molar refractivity (Wildman–Crippen MR) is 111 cm³/mol. The van der Waals surface area contributed by atoms with Crippen LogP contribution in [0.3, 0.4) is 0 Å². The molecule has 1 aromatic heterocycles. The highest BCUT2D eigenvalue weighted by Gasteiger charge is 2.29. The molecule has 1 aliphatic rings. The molecule has 29 heavy (non-hydrogen) atoms. The first-order chi connectivity index (χ1) is 14.0. The zero-order valence-corrected chi connectivity index (χ0v) is 16.4. The van der Waals surface area contributed by atoms with Crippen LogP contribution < -0.4 is 10.6 Å². The average Bonchev–Trinajstić information content (AvgIpc) is 3.25. The van der Waals surface area contributed by atoms with E-state index in [9.17, 15) is 14.0 Å². The Kier molecular flexibility index (Phi) is 5.22. The summed E-state index contributed by atoms with van der Waals surface area (Å²) in [5.41, 5.74) is 6.25. The van der Waals surface area contributed by atoms with E-state index in [1.165, 1.54) is 29.7 Å². The first-order valence-corrected chi connectivity index (χ1v) is 10.0. The van der Waals surface area contributed by atoms with Crippen LogP contribution in [0.25, 0.3) is 11.3 Å². The van der Waals surface area contributed by atoms with Gasteiger partial charge in [0.25, 0.3) is 5.91 Å². The van der Waals surface area contributed by atoms with E-state index < -0.39 is 5.92 Å². The Morgan fingerprint density at radius 2 is 2.03 bits per heavy atom. The molecule has 2 amide bonds. The van der Waals surface area contributed by atoms with Crippen LogP contribution in [0.15, 0.2) is 65.1 Å². The summed E-state index contributed by atoms with van der Waals surface area (Å²) in [5.74, 6) is -1.29. The molecular weight excluding hydrogens is 389 g/mol. The smallest absolute Gasteiger partial charge is 0.253 e. The van der Waals surface area contributed by atoms with Gasteiger partial charge >= 0.3 is 0 Å². The van der Waals surface area contributed by atoms with Gasteiger partial charge in [0, 0.05) is 40.7 Å². The van der Waals surface area contributed by atoms with Crippen molar-refractivity contribution < 1.29 is 14.0 Å². The number of carbonyl (C=O) groups excluding carboxylic acids is 2. The van der Waals surface area contributed by atoms with Crippen LogP contribution in [0.2, 0.25) is 0 Å². The van der Waals surface area contributed by atoms with E-state index in [1.54, 1.807) is 17.6 Å². The van der Waals surface area contributed by atoms with E-state index in [0.717, 1.165) is 22.4 Å². The second-order valence-corrected chi connectivity index (χ2v) is 7.55. The third-order valence-electron chi connectivity index (χ3n) is 4.90. The fraction of sp³-hybridized carbons (Fsp3) is 0.136. The Morgan fingerprint density at radius 1 is 1.24 bits per heavy atom. The summed E-state index contributed by atoms with van der Waals surface area (Å²) in [7, 11) is 0. The number of aromatic nitrogens is 1. The van der Waals surface area contributed by atoms with Gasteiger partial charge in [-0.25, -0.2) is 9.37 Å². The number of benzene rings is 2. The number of nitrogens with zero attached hydrogens (tertiary/aromatic N) is 1. The first kappa shape index (κ1) is 19.0. The third-order valence-corrected chi connectivity index (χ3v) is 5.49. The van der Waals surface area contributed by atoms with Gasteiger partial charge < -0.3 is 10.6 Å². The molecule has 0 aliphatic carbocycles. The molecule has 0 radical (unpaired) electrons. The highest BCUT2D eigenvalue weighted by molar-refractivity contribution is 7.07. The summed E-state index contributed by atoms with van der Waals surface area (Å²) < 4.78 is 13.3. The molecule has 7 heteroatoms. The van der Waals surface area contributed by atoms with Gasteiger partial charge in [-0.2, -0.15) is 0 Å². The van der Waals surface area contributed by atoms with Crippen LogP contribution >= 0.6 is 11.3 Å². The van der Waals surface area contributed by atoms with Crippen LogP contribution in [0.5, 0.6) is 0 Å². The van der Waals surface area contributed by atoms with Crippen molar-refractivity contribution in [3.8, 4) is 11.3 Å². The monoisotopic (exact) mass is 407 g/mol. The van der Waals surface area contributed by atoms with E-state index in [-0.39, 0.29) is 24.1 Å². The highest BCUT2D eigenvalue weighted by Crippen LogP contribution is 2.32. The molecule has 1 aliphatic heterocycles. The van der Waals surface area contributed by atoms with Gasteiger partial charge in [-0.15, -0.1) is 11.3 Å². The fourth-order valence-corrected chi connectivity index (χ4v) is 3.86. The summed E-state index contributed by atoms with van der Waals surface area (Å²) in [6.45, 7) is 1.91. The van der Waals surface area contributed by atoms with Gasteiger partial charge in [0.2, 0.25) is 5.91 Å². The molecule has 0 saturated carbocycles. The molecule has 4 rings (SSSR count). The van der Waals surface area contributed by atoms with Gasteiger partial charge in [0.15, 0.2) is 0 Å². The molecular formula is C22H18FN3O2S. The van der Waals surface area contributed by atoms with E-state index in [1.807, 2.05) is 30.5 Å². The average molecular weight is 407 g/mol. The SMILES string of the molecule is Cc1ccc(-c2cscn2)cc1NC(=O)C1=CNC(=O)C[C@H]1c1ccc(F)cc1. The number of amides is 2. The molecule has 2 aromatic carbocycles. The summed E-state index contributed by atoms with van der Waals surface area (Å²) in [4.78, 5) is 29.3. The Balaban J connectivity index is 1.62. The van der Waals surface area contributed by atoms with E-state index in [4.69, 9.17) is 0 Å². The van der Waals surface area contributed by atoms with Gasteiger partial charge in [-0.05, 0) is 36.2 Å². The molecule has 0 unspecified atom stereocenters. The lowest BCUT2D eigenvalue weighted by Gasteiger charge is -2.24. The maximum atomic E-state index is 13.3. The van der Waals surface area contributed by atoms with Crippen molar-refractivity contribution in [2.45, 2.75) is 19.3 Å². The summed E-state index contributed by atoms with van der Waals surface area (Å²) in [5, 5.41) is 7.51. The number of anilines is 1. The lowest BCUT2D eigenvalue weighted by Crippen LogP contribution is -2.32. The number of rotatable bonds is 4. The van der Waals surface area contributed by atoms with E-state index >= 15 is 0 Å². The van der Waals surface area contributed by atoms with Crippen molar-refractivity contribution in [3.05, 3.63) is 82.1 Å². The Bertz CT molecular complexity index is 1090. The van der Waals surface area contributed by atoms with Crippen molar-refractivity contribution in [2.24, 2.45) is 0 Å². The van der Waals surface area contributed by atoms with Gasteiger partial charge in [0.05, 0.1) is 11.2 Å². The predicted octanol–water partition coefficient (Wildman–Crippen LogP) is 4.38. The summed E-state index contributed by atoms with van der Waals surface area (Å²) >= 11 is 1.51. The molecule has 2 heterocycles. The zero-order valence-electron chi connectivity index (χ0n) is 15.6. The zero-order chi connectivity index (χ0) is 20.4. The van der Waals surface area contributed by atoms with Gasteiger partial charge in [-0.3, -0.25) is 9.59 Å². The maximum absolute atomic E-state index is 13.3. The van der Waals surface area contributed by atoms with Crippen LogP contribution in [0.4, 0.5) is 10.1 Å². The Morgan fingerprint density at radius 3 is 2.76 bits per heavy atom. The van der Waals surface area contributed by atoms with Crippen molar-refractivity contribution in [1.82, 2.24) is 10.3 Å². The minimum atomic E-state index is -0.439. The maximum Gasteiger partial charge on any atom is 0.253 e. The standard InChI is InChI=1S/C22H18FN3O2S/c1-13-2-3-15(20-11-29-12-25-20)8-19(13)26-22(28)18-10-24-21(27)9-17(18)14-4-6-16(23)7-5-14/h2-8,10-12,17H,9H2,1H3,(H,24,27)(H,26,28)/t17-/m0/s1. The Labute approximate surface area is 171 Å². The number of aryl methyl sites for hydroxylation is 1. The van der Waals surface area contributed by atoms with E-state index in [0.29, 0.717) is 11.3 Å². The van der Waals surface area contributed by atoms with Crippen molar-refractivity contribution >= 4 is 28.8 Å². The van der Waals surface area contributed by atoms with Crippen LogP contribution in [-0.2, 0) is 9.59 Å². The number of nitrogens with one attached hydrogen (secondary N) is 2. The lowest BCUT2D eigenvalue weighted by molar-refractivity contribution is -0.121. The number of carbonyl (C=O) groups is 2. The number of thiazole rings is 1. The summed E-state index contributed by atoms with van der Waals surface area (Å²) in [6, 6.07) is 11.6. The van der Waals surface area contributed by atoms with Crippen molar-refractivity contribution in [3.63, 3.8) is 0 Å². The first-order valence-electron chi connectivity index (χ1n) is 9.07. The Hall–Kier alpha value is -3.32. The number of hydrogen-bond acceptors (Lipinski definition) is 4. The second kappa shape index (κ2) is 7.97. The molecule has 1 atom stereocenters. The quantitative estimate of drug-likeness (QED) is 0.674. The molecule has 0 fully saturated rings. The van der Waals surface area contributed by atoms with Crippen molar-refractivity contribution in [1.29, 1.82) is 0 Å². The van der Waals surface area contributed by atoms with Crippen molar-refractivity contribution in [2.75, 3.05) is 5.32 Å². The highest BCUT2D eigenvalue weighted by atomic mass is 32.1. The molecule has 5 nitrogen and oxygen atoms in total. The summed E-state index contributed by atoms with van der Waals surface area (Å²) in [6.07, 6.45) is 1.57.